The maximum atomic E-state index is 12.6. The molecule has 0 spiro atoms. The van der Waals surface area contributed by atoms with E-state index in [2.05, 4.69) is 20.4 Å². The lowest BCUT2D eigenvalue weighted by Crippen LogP contribution is -2.50. The lowest BCUT2D eigenvalue weighted by atomic mass is 10.2. The number of pyridine rings is 1. The monoisotopic (exact) mass is 426 g/mol. The summed E-state index contributed by atoms with van der Waals surface area (Å²) in [6.45, 7) is 4.51. The van der Waals surface area contributed by atoms with Crippen LogP contribution in [-0.2, 0) is 16.0 Å². The van der Waals surface area contributed by atoms with Gasteiger partial charge in [0.25, 0.3) is 0 Å². The fourth-order valence-electron chi connectivity index (χ4n) is 3.24. The maximum Gasteiger partial charge on any atom is 0.239 e. The van der Waals surface area contributed by atoms with Crippen LogP contribution in [0.5, 0.6) is 0 Å². The SMILES string of the molecule is Cc1cc(NC(=O)CN2CCN(C(=O)Cc3csc(-c4cccnc4)n3)CC2)no1. The standard InChI is InChI=1S/C20H22N6O3S/c1-14-9-17(24-29-14)23-18(27)12-25-5-7-26(8-6-25)19(28)10-16-13-30-20(22-16)15-3-2-4-21-11-15/h2-4,9,11,13H,5-8,10,12H2,1H3,(H,23,24,27). The zero-order valence-corrected chi connectivity index (χ0v) is 17.4. The van der Waals surface area contributed by atoms with Crippen molar-refractivity contribution in [1.29, 1.82) is 0 Å². The van der Waals surface area contributed by atoms with Crippen molar-refractivity contribution in [3.05, 3.63) is 47.4 Å². The topological polar surface area (TPSA) is 104 Å². The Morgan fingerprint density at radius 2 is 2.10 bits per heavy atom. The normalized spacial score (nSPS) is 14.6. The molecule has 10 heteroatoms. The number of nitrogens with zero attached hydrogens (tertiary/aromatic N) is 5. The average Bonchev–Trinajstić information content (AvgIpc) is 3.38. The van der Waals surface area contributed by atoms with Crippen LogP contribution in [0.1, 0.15) is 11.5 Å². The van der Waals surface area contributed by atoms with E-state index in [-0.39, 0.29) is 24.8 Å². The Morgan fingerprint density at radius 3 is 2.80 bits per heavy atom. The van der Waals surface area contributed by atoms with Crippen molar-refractivity contribution in [2.45, 2.75) is 13.3 Å². The molecule has 1 aliphatic heterocycles. The third kappa shape index (κ3) is 5.08. The highest BCUT2D eigenvalue weighted by molar-refractivity contribution is 7.13. The number of carbonyl (C=O) groups excluding carboxylic acids is 2. The van der Waals surface area contributed by atoms with Crippen LogP contribution in [0.3, 0.4) is 0 Å². The molecular formula is C20H22N6O3S. The Balaban J connectivity index is 1.23. The van der Waals surface area contributed by atoms with Crippen LogP contribution < -0.4 is 5.32 Å². The van der Waals surface area contributed by atoms with Gasteiger partial charge in [-0.05, 0) is 19.1 Å². The van der Waals surface area contributed by atoms with Gasteiger partial charge in [-0.1, -0.05) is 5.16 Å². The Morgan fingerprint density at radius 1 is 1.27 bits per heavy atom. The molecule has 0 unspecified atom stereocenters. The summed E-state index contributed by atoms with van der Waals surface area (Å²) in [5.41, 5.74) is 1.72. The lowest BCUT2D eigenvalue weighted by molar-refractivity contribution is -0.132. The summed E-state index contributed by atoms with van der Waals surface area (Å²) in [6.07, 6.45) is 3.77. The van der Waals surface area contributed by atoms with Crippen LogP contribution in [0, 0.1) is 6.92 Å². The predicted octanol–water partition coefficient (Wildman–Crippen LogP) is 1.83. The van der Waals surface area contributed by atoms with E-state index >= 15 is 0 Å². The number of carbonyl (C=O) groups is 2. The van der Waals surface area contributed by atoms with Gasteiger partial charge in [0.1, 0.15) is 10.8 Å². The average molecular weight is 427 g/mol. The number of anilines is 1. The van der Waals surface area contributed by atoms with Gasteiger partial charge < -0.3 is 14.7 Å². The van der Waals surface area contributed by atoms with Crippen molar-refractivity contribution in [2.24, 2.45) is 0 Å². The minimum absolute atomic E-state index is 0.0558. The largest absolute Gasteiger partial charge is 0.360 e. The van der Waals surface area contributed by atoms with Gasteiger partial charge in [0.05, 0.1) is 18.7 Å². The number of aromatic nitrogens is 3. The van der Waals surface area contributed by atoms with Crippen molar-refractivity contribution in [1.82, 2.24) is 24.9 Å². The molecule has 30 heavy (non-hydrogen) atoms. The van der Waals surface area contributed by atoms with E-state index < -0.39 is 0 Å². The second-order valence-electron chi connectivity index (χ2n) is 7.09. The molecule has 1 aliphatic rings. The van der Waals surface area contributed by atoms with Crippen molar-refractivity contribution in [2.75, 3.05) is 38.0 Å². The van der Waals surface area contributed by atoms with Crippen LogP contribution in [0.15, 0.2) is 40.5 Å². The van der Waals surface area contributed by atoms with Crippen LogP contribution in [0.4, 0.5) is 5.82 Å². The summed E-state index contributed by atoms with van der Waals surface area (Å²) in [7, 11) is 0. The van der Waals surface area contributed by atoms with E-state index in [1.165, 1.54) is 11.3 Å². The number of hydrogen-bond donors (Lipinski definition) is 1. The number of thiazole rings is 1. The second kappa shape index (κ2) is 9.14. The fourth-order valence-corrected chi connectivity index (χ4v) is 4.05. The highest BCUT2D eigenvalue weighted by Crippen LogP contribution is 2.23. The van der Waals surface area contributed by atoms with E-state index in [0.29, 0.717) is 37.8 Å². The molecule has 3 aromatic heterocycles. The molecule has 2 amide bonds. The summed E-state index contributed by atoms with van der Waals surface area (Å²) >= 11 is 1.51. The smallest absolute Gasteiger partial charge is 0.239 e. The molecule has 0 bridgehead atoms. The third-order valence-corrected chi connectivity index (χ3v) is 5.72. The van der Waals surface area contributed by atoms with E-state index in [9.17, 15) is 9.59 Å². The van der Waals surface area contributed by atoms with Crippen molar-refractivity contribution in [3.63, 3.8) is 0 Å². The van der Waals surface area contributed by atoms with Gasteiger partial charge in [0.15, 0.2) is 5.82 Å². The van der Waals surface area contributed by atoms with Crippen molar-refractivity contribution < 1.29 is 14.1 Å². The van der Waals surface area contributed by atoms with E-state index in [1.807, 2.05) is 27.3 Å². The number of amides is 2. The molecule has 0 radical (unpaired) electrons. The molecule has 0 atom stereocenters. The van der Waals surface area contributed by atoms with Gasteiger partial charge >= 0.3 is 0 Å². The molecule has 4 rings (SSSR count). The second-order valence-corrected chi connectivity index (χ2v) is 7.95. The summed E-state index contributed by atoms with van der Waals surface area (Å²) in [5.74, 6) is 0.971. The van der Waals surface area contributed by atoms with E-state index in [4.69, 9.17) is 4.52 Å². The molecule has 1 saturated heterocycles. The van der Waals surface area contributed by atoms with Crippen molar-refractivity contribution >= 4 is 29.0 Å². The number of hydrogen-bond acceptors (Lipinski definition) is 8. The van der Waals surface area contributed by atoms with Crippen LogP contribution in [0.2, 0.25) is 0 Å². The molecule has 0 saturated carbocycles. The van der Waals surface area contributed by atoms with E-state index in [0.717, 1.165) is 16.3 Å². The maximum absolute atomic E-state index is 12.6. The van der Waals surface area contributed by atoms with Gasteiger partial charge in [-0.2, -0.15) is 0 Å². The van der Waals surface area contributed by atoms with Gasteiger partial charge in [-0.15, -0.1) is 11.3 Å². The predicted molar refractivity (Wildman–Crippen MR) is 112 cm³/mol. The summed E-state index contributed by atoms with van der Waals surface area (Å²) in [4.78, 5) is 37.3. The van der Waals surface area contributed by atoms with Crippen molar-refractivity contribution in [3.8, 4) is 10.6 Å². The number of piperazine rings is 1. The number of aryl methyl sites for hydroxylation is 1. The first kappa shape index (κ1) is 20.2. The Kier molecular flexibility index (Phi) is 6.15. The van der Waals surface area contributed by atoms with Crippen LogP contribution >= 0.6 is 11.3 Å². The minimum Gasteiger partial charge on any atom is -0.360 e. The summed E-state index contributed by atoms with van der Waals surface area (Å²) in [5, 5.41) is 9.26. The first-order valence-electron chi connectivity index (χ1n) is 9.65. The van der Waals surface area contributed by atoms with Crippen LogP contribution in [0.25, 0.3) is 10.6 Å². The fraction of sp³-hybridized carbons (Fsp3) is 0.350. The highest BCUT2D eigenvalue weighted by Gasteiger charge is 2.23. The molecule has 1 fully saturated rings. The van der Waals surface area contributed by atoms with Gasteiger partial charge in [-0.3, -0.25) is 19.5 Å². The van der Waals surface area contributed by atoms with E-state index in [1.54, 1.807) is 25.4 Å². The van der Waals surface area contributed by atoms with Gasteiger partial charge in [-0.25, -0.2) is 4.98 Å². The molecule has 1 N–H and O–H groups in total. The molecule has 4 heterocycles. The molecule has 156 valence electrons. The van der Waals surface area contributed by atoms with Gasteiger partial charge in [0, 0.05) is 55.6 Å². The molecule has 9 nitrogen and oxygen atoms in total. The zero-order valence-electron chi connectivity index (χ0n) is 16.6. The zero-order chi connectivity index (χ0) is 20.9. The third-order valence-electron chi connectivity index (χ3n) is 4.78. The highest BCUT2D eigenvalue weighted by atomic mass is 32.1. The molecule has 0 aliphatic carbocycles. The summed E-state index contributed by atoms with van der Waals surface area (Å²) < 4.78 is 4.94. The summed E-state index contributed by atoms with van der Waals surface area (Å²) in [6, 6.07) is 5.50. The Hall–Kier alpha value is -3.11. The Labute approximate surface area is 177 Å². The minimum atomic E-state index is -0.145. The first-order valence-corrected chi connectivity index (χ1v) is 10.5. The van der Waals surface area contributed by atoms with Crippen LogP contribution in [-0.4, -0.2) is 69.5 Å². The number of rotatable bonds is 6. The molecular weight excluding hydrogens is 404 g/mol. The van der Waals surface area contributed by atoms with Gasteiger partial charge in [0.2, 0.25) is 11.8 Å². The number of nitrogens with one attached hydrogen (secondary N) is 1. The lowest BCUT2D eigenvalue weighted by Gasteiger charge is -2.34. The first-order chi connectivity index (χ1) is 14.6. The molecule has 0 aromatic carbocycles. The quantitative estimate of drug-likeness (QED) is 0.641. The Bertz CT molecular complexity index is 1010. The molecule has 3 aromatic rings.